The Labute approximate surface area is 155 Å². The molecule has 1 amide bonds. The van der Waals surface area contributed by atoms with Gasteiger partial charge in [0.05, 0.1) is 11.3 Å². The van der Waals surface area contributed by atoms with Crippen LogP contribution in [0.2, 0.25) is 0 Å². The highest BCUT2D eigenvalue weighted by Gasteiger charge is 2.22. The van der Waals surface area contributed by atoms with Crippen molar-refractivity contribution < 1.29 is 4.79 Å². The molecule has 0 bridgehead atoms. The fraction of sp³-hybridized carbons (Fsp3) is 0.529. The summed E-state index contributed by atoms with van der Waals surface area (Å²) in [5.74, 6) is 0.977. The Balaban J connectivity index is 1.68. The molecular formula is C17H21N5OS2. The Morgan fingerprint density at radius 3 is 2.88 bits per heavy atom. The summed E-state index contributed by atoms with van der Waals surface area (Å²) in [5, 5.41) is 22.1. The Bertz CT molecular complexity index is 831. The molecular weight excluding hydrogens is 354 g/mol. The van der Waals surface area contributed by atoms with Crippen molar-refractivity contribution in [1.29, 1.82) is 5.26 Å². The molecule has 2 aromatic rings. The van der Waals surface area contributed by atoms with E-state index in [-0.39, 0.29) is 17.7 Å². The number of nitrogens with zero attached hydrogens (tertiary/aromatic N) is 4. The second-order valence-corrected chi connectivity index (χ2v) is 8.40. The third-order valence-corrected chi connectivity index (χ3v) is 6.37. The van der Waals surface area contributed by atoms with Crippen molar-refractivity contribution in [2.45, 2.75) is 57.7 Å². The number of carbonyl (C=O) groups excluding carboxylic acids is 1. The third-order valence-electron chi connectivity index (χ3n) is 4.22. The van der Waals surface area contributed by atoms with E-state index in [2.05, 4.69) is 35.4 Å². The van der Waals surface area contributed by atoms with Crippen LogP contribution < -0.4 is 5.32 Å². The number of thiophene rings is 1. The van der Waals surface area contributed by atoms with E-state index in [1.165, 1.54) is 16.6 Å². The molecule has 0 unspecified atom stereocenters. The summed E-state index contributed by atoms with van der Waals surface area (Å²) in [6.07, 6.45) is 4.23. The van der Waals surface area contributed by atoms with Crippen LogP contribution in [0.1, 0.15) is 54.6 Å². The number of hydrogen-bond donors (Lipinski definition) is 1. The average molecular weight is 376 g/mol. The maximum atomic E-state index is 12.4. The SMILES string of the molecule is Cc1nnc(SCC(=O)Nc2sc3c(c2C#N)CCCC3)n1C(C)C. The van der Waals surface area contributed by atoms with E-state index in [1.807, 2.05) is 11.5 Å². The molecule has 0 saturated heterocycles. The summed E-state index contributed by atoms with van der Waals surface area (Å²) in [7, 11) is 0. The summed E-state index contributed by atoms with van der Waals surface area (Å²) < 4.78 is 2.02. The lowest BCUT2D eigenvalue weighted by molar-refractivity contribution is -0.113. The van der Waals surface area contributed by atoms with Crippen molar-refractivity contribution in [3.8, 4) is 6.07 Å². The molecule has 1 N–H and O–H groups in total. The highest BCUT2D eigenvalue weighted by atomic mass is 32.2. The first-order valence-electron chi connectivity index (χ1n) is 8.40. The minimum atomic E-state index is -0.115. The number of carbonyl (C=O) groups is 1. The molecule has 8 heteroatoms. The molecule has 6 nitrogen and oxygen atoms in total. The molecule has 1 aliphatic rings. The maximum Gasteiger partial charge on any atom is 0.235 e. The normalized spacial score (nSPS) is 13.6. The number of hydrogen-bond acceptors (Lipinski definition) is 6. The van der Waals surface area contributed by atoms with Crippen molar-refractivity contribution in [3.05, 3.63) is 21.8 Å². The van der Waals surface area contributed by atoms with Gasteiger partial charge in [-0.25, -0.2) is 0 Å². The number of thioether (sulfide) groups is 1. The summed E-state index contributed by atoms with van der Waals surface area (Å²) in [4.78, 5) is 13.6. The monoisotopic (exact) mass is 375 g/mol. The lowest BCUT2D eigenvalue weighted by Crippen LogP contribution is -2.15. The molecule has 0 radical (unpaired) electrons. The number of nitriles is 1. The fourth-order valence-corrected chi connectivity index (χ4v) is 5.28. The van der Waals surface area contributed by atoms with Gasteiger partial charge in [-0.1, -0.05) is 11.8 Å². The second-order valence-electron chi connectivity index (χ2n) is 6.36. The smallest absolute Gasteiger partial charge is 0.235 e. The zero-order valence-corrected chi connectivity index (χ0v) is 16.3. The van der Waals surface area contributed by atoms with Crippen LogP contribution in [-0.4, -0.2) is 26.4 Å². The van der Waals surface area contributed by atoms with Gasteiger partial charge in [0.2, 0.25) is 5.91 Å². The van der Waals surface area contributed by atoms with Crippen molar-refractivity contribution in [3.63, 3.8) is 0 Å². The van der Waals surface area contributed by atoms with Crippen molar-refractivity contribution >= 4 is 34.0 Å². The molecule has 0 aromatic carbocycles. The average Bonchev–Trinajstić information content (AvgIpc) is 3.12. The number of nitrogens with one attached hydrogen (secondary N) is 1. The Hall–Kier alpha value is -1.85. The third kappa shape index (κ3) is 3.72. The Morgan fingerprint density at radius 1 is 1.40 bits per heavy atom. The molecule has 0 fully saturated rings. The summed E-state index contributed by atoms with van der Waals surface area (Å²) >= 11 is 2.92. The quantitative estimate of drug-likeness (QED) is 0.806. The van der Waals surface area contributed by atoms with E-state index < -0.39 is 0 Å². The molecule has 0 saturated carbocycles. The van der Waals surface area contributed by atoms with Gasteiger partial charge in [-0.3, -0.25) is 4.79 Å². The van der Waals surface area contributed by atoms with Crippen LogP contribution in [0.4, 0.5) is 5.00 Å². The standard InChI is InChI=1S/C17H21N5OS2/c1-10(2)22-11(3)20-21-17(22)24-9-15(23)19-16-13(8-18)12-6-4-5-7-14(12)25-16/h10H,4-7,9H2,1-3H3,(H,19,23). The van der Waals surface area contributed by atoms with Gasteiger partial charge >= 0.3 is 0 Å². The molecule has 0 spiro atoms. The van der Waals surface area contributed by atoms with E-state index in [9.17, 15) is 10.1 Å². The first kappa shape index (κ1) is 18.0. The largest absolute Gasteiger partial charge is 0.316 e. The molecule has 2 aromatic heterocycles. The lowest BCUT2D eigenvalue weighted by Gasteiger charge is -2.11. The van der Waals surface area contributed by atoms with Gasteiger partial charge in [0.15, 0.2) is 5.16 Å². The molecule has 3 rings (SSSR count). The van der Waals surface area contributed by atoms with E-state index in [1.54, 1.807) is 11.3 Å². The highest BCUT2D eigenvalue weighted by molar-refractivity contribution is 7.99. The van der Waals surface area contributed by atoms with Gasteiger partial charge in [0.25, 0.3) is 0 Å². The van der Waals surface area contributed by atoms with Gasteiger partial charge in [0.1, 0.15) is 16.9 Å². The molecule has 2 heterocycles. The van der Waals surface area contributed by atoms with Crippen LogP contribution in [-0.2, 0) is 17.6 Å². The molecule has 25 heavy (non-hydrogen) atoms. The van der Waals surface area contributed by atoms with Gasteiger partial charge in [0, 0.05) is 10.9 Å². The van der Waals surface area contributed by atoms with Crippen LogP contribution in [0, 0.1) is 18.3 Å². The first-order valence-corrected chi connectivity index (χ1v) is 10.2. The van der Waals surface area contributed by atoms with Gasteiger partial charge in [-0.2, -0.15) is 5.26 Å². The van der Waals surface area contributed by atoms with Crippen LogP contribution in [0.5, 0.6) is 0 Å². The van der Waals surface area contributed by atoms with Crippen molar-refractivity contribution in [2.24, 2.45) is 0 Å². The topological polar surface area (TPSA) is 83.6 Å². The summed E-state index contributed by atoms with van der Waals surface area (Å²) in [6, 6.07) is 2.52. The first-order chi connectivity index (χ1) is 12.0. The van der Waals surface area contributed by atoms with Gasteiger partial charge in [-0.15, -0.1) is 21.5 Å². The zero-order valence-electron chi connectivity index (χ0n) is 14.6. The number of aromatic nitrogens is 3. The summed E-state index contributed by atoms with van der Waals surface area (Å²) in [6.45, 7) is 6.04. The predicted octanol–water partition coefficient (Wildman–Crippen LogP) is 3.71. The molecule has 132 valence electrons. The van der Waals surface area contributed by atoms with E-state index in [4.69, 9.17) is 0 Å². The minimum Gasteiger partial charge on any atom is -0.316 e. The Morgan fingerprint density at radius 2 is 2.16 bits per heavy atom. The molecule has 0 atom stereocenters. The van der Waals surface area contributed by atoms with E-state index in [0.29, 0.717) is 10.6 Å². The van der Waals surface area contributed by atoms with Crippen molar-refractivity contribution in [2.75, 3.05) is 11.1 Å². The minimum absolute atomic E-state index is 0.115. The van der Waals surface area contributed by atoms with E-state index >= 15 is 0 Å². The number of aryl methyl sites for hydroxylation is 2. The van der Waals surface area contributed by atoms with Crippen LogP contribution in [0.15, 0.2) is 5.16 Å². The number of rotatable bonds is 5. The fourth-order valence-electron chi connectivity index (χ4n) is 3.11. The van der Waals surface area contributed by atoms with Crippen LogP contribution in [0.3, 0.4) is 0 Å². The number of anilines is 1. The summed E-state index contributed by atoms with van der Waals surface area (Å²) in [5.41, 5.74) is 1.79. The van der Waals surface area contributed by atoms with Gasteiger partial charge in [-0.05, 0) is 52.0 Å². The number of amides is 1. The lowest BCUT2D eigenvalue weighted by atomic mass is 9.96. The highest BCUT2D eigenvalue weighted by Crippen LogP contribution is 2.37. The van der Waals surface area contributed by atoms with Crippen LogP contribution >= 0.6 is 23.1 Å². The number of fused-ring (bicyclic) bond motifs is 1. The van der Waals surface area contributed by atoms with Crippen LogP contribution in [0.25, 0.3) is 0 Å². The zero-order chi connectivity index (χ0) is 18.0. The molecule has 1 aliphatic carbocycles. The molecule has 0 aliphatic heterocycles. The van der Waals surface area contributed by atoms with E-state index in [0.717, 1.165) is 42.2 Å². The Kier molecular flexibility index (Phi) is 5.45. The van der Waals surface area contributed by atoms with Crippen molar-refractivity contribution in [1.82, 2.24) is 14.8 Å². The second kappa shape index (κ2) is 7.58. The predicted molar refractivity (Wildman–Crippen MR) is 100 cm³/mol. The maximum absolute atomic E-state index is 12.4. The van der Waals surface area contributed by atoms with Gasteiger partial charge < -0.3 is 9.88 Å².